The fraction of sp³-hybridized carbons (Fsp3) is 0.333. The van der Waals surface area contributed by atoms with E-state index < -0.39 is 0 Å². The van der Waals surface area contributed by atoms with E-state index >= 15 is 0 Å². The molecule has 0 fully saturated rings. The second kappa shape index (κ2) is 8.44. The van der Waals surface area contributed by atoms with Gasteiger partial charge in [-0.3, -0.25) is 9.79 Å². The van der Waals surface area contributed by atoms with Crippen molar-refractivity contribution in [3.05, 3.63) is 59.7 Å². The van der Waals surface area contributed by atoms with Crippen molar-refractivity contribution in [1.82, 2.24) is 0 Å². The number of aliphatic imine (C=N–C) groups is 1. The lowest BCUT2D eigenvalue weighted by molar-refractivity contribution is -0.116. The van der Waals surface area contributed by atoms with Gasteiger partial charge >= 0.3 is 0 Å². The number of nitrogens with one attached hydrogen (secondary N) is 1. The number of hydrogen-bond acceptors (Lipinski definition) is 2. The first kappa shape index (κ1) is 17.9. The third-order valence-corrected chi connectivity index (χ3v) is 3.71. The number of amides is 1. The van der Waals surface area contributed by atoms with E-state index in [9.17, 15) is 4.79 Å². The van der Waals surface area contributed by atoms with Crippen LogP contribution in [-0.4, -0.2) is 12.1 Å². The van der Waals surface area contributed by atoms with Crippen LogP contribution in [0.4, 0.5) is 11.4 Å². The Labute approximate surface area is 144 Å². The molecule has 3 heteroatoms. The van der Waals surface area contributed by atoms with Gasteiger partial charge in [0.15, 0.2) is 0 Å². The van der Waals surface area contributed by atoms with Crippen molar-refractivity contribution >= 4 is 23.5 Å². The Morgan fingerprint density at radius 2 is 1.62 bits per heavy atom. The molecule has 1 amide bonds. The molecule has 24 heavy (non-hydrogen) atoms. The number of anilines is 1. The van der Waals surface area contributed by atoms with Crippen molar-refractivity contribution in [3.8, 4) is 0 Å². The minimum Gasteiger partial charge on any atom is -0.326 e. The average molecular weight is 322 g/mol. The van der Waals surface area contributed by atoms with Crippen LogP contribution in [0.1, 0.15) is 51.2 Å². The molecular weight excluding hydrogens is 296 g/mol. The molecule has 0 aliphatic carbocycles. The summed E-state index contributed by atoms with van der Waals surface area (Å²) in [6, 6.07) is 16.0. The highest BCUT2D eigenvalue weighted by molar-refractivity contribution is 5.91. The van der Waals surface area contributed by atoms with Crippen LogP contribution >= 0.6 is 0 Å². The molecule has 1 N–H and O–H groups in total. The minimum absolute atomic E-state index is 0.0477. The lowest BCUT2D eigenvalue weighted by Crippen LogP contribution is -2.13. The van der Waals surface area contributed by atoms with Crippen LogP contribution in [0, 0.1) is 5.92 Å². The lowest BCUT2D eigenvalue weighted by Gasteiger charge is -2.07. The van der Waals surface area contributed by atoms with Gasteiger partial charge in [-0.25, -0.2) is 0 Å². The Hall–Kier alpha value is -2.42. The summed E-state index contributed by atoms with van der Waals surface area (Å²) < 4.78 is 0. The predicted octanol–water partition coefficient (Wildman–Crippen LogP) is 5.55. The van der Waals surface area contributed by atoms with Gasteiger partial charge in [-0.2, -0.15) is 0 Å². The summed E-state index contributed by atoms with van der Waals surface area (Å²) in [4.78, 5) is 16.2. The highest BCUT2D eigenvalue weighted by atomic mass is 16.1. The van der Waals surface area contributed by atoms with E-state index in [2.05, 4.69) is 48.4 Å². The van der Waals surface area contributed by atoms with E-state index in [1.54, 1.807) is 0 Å². The number of rotatable bonds is 6. The smallest absolute Gasteiger partial charge is 0.224 e. The van der Waals surface area contributed by atoms with Crippen LogP contribution in [0.2, 0.25) is 0 Å². The van der Waals surface area contributed by atoms with Gasteiger partial charge in [-0.05, 0) is 47.2 Å². The summed E-state index contributed by atoms with van der Waals surface area (Å²) >= 11 is 0. The number of carbonyl (C=O) groups excluding carboxylic acids is 1. The van der Waals surface area contributed by atoms with Crippen molar-refractivity contribution in [2.24, 2.45) is 10.9 Å². The van der Waals surface area contributed by atoms with Crippen LogP contribution in [-0.2, 0) is 4.79 Å². The fourth-order valence-electron chi connectivity index (χ4n) is 2.33. The van der Waals surface area contributed by atoms with Gasteiger partial charge in [0.25, 0.3) is 0 Å². The number of nitrogens with zero attached hydrogens (tertiary/aromatic N) is 1. The third-order valence-electron chi connectivity index (χ3n) is 3.71. The van der Waals surface area contributed by atoms with Crippen LogP contribution < -0.4 is 5.32 Å². The summed E-state index contributed by atoms with van der Waals surface area (Å²) in [5, 5.41) is 2.90. The maximum Gasteiger partial charge on any atom is 0.224 e. The van der Waals surface area contributed by atoms with Crippen LogP contribution in [0.3, 0.4) is 0 Å². The Morgan fingerprint density at radius 3 is 2.17 bits per heavy atom. The topological polar surface area (TPSA) is 41.5 Å². The largest absolute Gasteiger partial charge is 0.326 e. The van der Waals surface area contributed by atoms with Gasteiger partial charge in [0, 0.05) is 18.3 Å². The molecule has 0 aliphatic rings. The van der Waals surface area contributed by atoms with Gasteiger partial charge in [0.05, 0.1) is 5.69 Å². The van der Waals surface area contributed by atoms with Crippen LogP contribution in [0.15, 0.2) is 53.5 Å². The first-order valence-electron chi connectivity index (χ1n) is 8.48. The maximum atomic E-state index is 11.8. The maximum absolute atomic E-state index is 11.8. The lowest BCUT2D eigenvalue weighted by atomic mass is 10.0. The molecule has 2 rings (SSSR count). The molecule has 0 unspecified atom stereocenters. The summed E-state index contributed by atoms with van der Waals surface area (Å²) in [7, 11) is 0. The zero-order valence-electron chi connectivity index (χ0n) is 14.9. The predicted molar refractivity (Wildman–Crippen MR) is 102 cm³/mol. The Kier molecular flexibility index (Phi) is 6.30. The highest BCUT2D eigenvalue weighted by Crippen LogP contribution is 2.18. The first-order chi connectivity index (χ1) is 11.4. The molecule has 3 nitrogen and oxygen atoms in total. The quantitative estimate of drug-likeness (QED) is 0.696. The van der Waals surface area contributed by atoms with E-state index in [1.165, 1.54) is 5.56 Å². The highest BCUT2D eigenvalue weighted by Gasteiger charge is 2.04. The zero-order valence-corrected chi connectivity index (χ0v) is 14.9. The van der Waals surface area contributed by atoms with Gasteiger partial charge in [0.1, 0.15) is 0 Å². The molecule has 0 radical (unpaired) electrons. The Morgan fingerprint density at radius 1 is 1.00 bits per heavy atom. The second-order valence-corrected chi connectivity index (χ2v) is 6.77. The average Bonchev–Trinajstić information content (AvgIpc) is 2.54. The summed E-state index contributed by atoms with van der Waals surface area (Å²) in [5.41, 5.74) is 4.08. The standard InChI is InChI=1S/C21H26N2O/c1-15(2)13-21(24)23-20-11-9-19(10-12-20)22-14-17-5-7-18(8-6-17)16(3)4/h5-12,14-16H,13H2,1-4H3,(H,23,24). The van der Waals surface area contributed by atoms with Crippen molar-refractivity contribution in [1.29, 1.82) is 0 Å². The summed E-state index contributed by atoms with van der Waals surface area (Å²) in [5.74, 6) is 0.942. The molecule has 0 saturated carbocycles. The van der Waals surface area contributed by atoms with Crippen molar-refractivity contribution in [3.63, 3.8) is 0 Å². The molecule has 0 aliphatic heterocycles. The molecular formula is C21H26N2O. The van der Waals surface area contributed by atoms with E-state index in [-0.39, 0.29) is 5.91 Å². The Bertz CT molecular complexity index is 683. The van der Waals surface area contributed by atoms with E-state index in [0.29, 0.717) is 18.3 Å². The first-order valence-corrected chi connectivity index (χ1v) is 8.48. The van der Waals surface area contributed by atoms with Crippen molar-refractivity contribution < 1.29 is 4.79 Å². The molecule has 0 atom stereocenters. The van der Waals surface area contributed by atoms with Crippen LogP contribution in [0.25, 0.3) is 0 Å². The molecule has 0 spiro atoms. The number of carbonyl (C=O) groups is 1. The van der Waals surface area contributed by atoms with Gasteiger partial charge < -0.3 is 5.32 Å². The monoisotopic (exact) mass is 322 g/mol. The normalized spacial score (nSPS) is 11.4. The molecule has 126 valence electrons. The summed E-state index contributed by atoms with van der Waals surface area (Å²) in [6.07, 6.45) is 2.39. The number of hydrogen-bond donors (Lipinski definition) is 1. The fourth-order valence-corrected chi connectivity index (χ4v) is 2.33. The summed E-state index contributed by atoms with van der Waals surface area (Å²) in [6.45, 7) is 8.44. The Balaban J connectivity index is 1.96. The minimum atomic E-state index is 0.0477. The van der Waals surface area contributed by atoms with E-state index in [0.717, 1.165) is 16.9 Å². The van der Waals surface area contributed by atoms with Crippen molar-refractivity contribution in [2.45, 2.75) is 40.0 Å². The van der Waals surface area contributed by atoms with E-state index in [1.807, 2.05) is 44.3 Å². The third kappa shape index (κ3) is 5.65. The molecule has 0 heterocycles. The second-order valence-electron chi connectivity index (χ2n) is 6.77. The zero-order chi connectivity index (χ0) is 17.5. The SMILES string of the molecule is CC(C)CC(=O)Nc1ccc(N=Cc2ccc(C(C)C)cc2)cc1. The molecule has 2 aromatic carbocycles. The molecule has 0 aromatic heterocycles. The van der Waals surface area contributed by atoms with E-state index in [4.69, 9.17) is 0 Å². The molecule has 0 bridgehead atoms. The van der Waals surface area contributed by atoms with Gasteiger partial charge in [-0.1, -0.05) is 52.0 Å². The molecule has 2 aromatic rings. The van der Waals surface area contributed by atoms with Crippen LogP contribution in [0.5, 0.6) is 0 Å². The number of benzene rings is 2. The van der Waals surface area contributed by atoms with Gasteiger partial charge in [0.2, 0.25) is 5.91 Å². The van der Waals surface area contributed by atoms with Gasteiger partial charge in [-0.15, -0.1) is 0 Å². The molecule has 0 saturated heterocycles. The van der Waals surface area contributed by atoms with Crippen molar-refractivity contribution in [2.75, 3.05) is 5.32 Å².